The zero-order valence-electron chi connectivity index (χ0n) is 5.26. The fraction of sp³-hybridized carbons (Fsp3) is 0.857. The van der Waals surface area contributed by atoms with Crippen molar-refractivity contribution in [3.8, 4) is 0 Å². The highest BCUT2D eigenvalue weighted by atomic mass is 16.1. The molecule has 0 aromatic carbocycles. The summed E-state index contributed by atoms with van der Waals surface area (Å²) in [6.07, 6.45) is 6.71. The number of rotatable bonds is 1. The van der Waals surface area contributed by atoms with Crippen LogP contribution in [0.25, 0.3) is 0 Å². The van der Waals surface area contributed by atoms with Crippen molar-refractivity contribution in [2.75, 3.05) is 0 Å². The third kappa shape index (κ3) is 0.569. The van der Waals surface area contributed by atoms with Crippen LogP contribution in [0.3, 0.4) is 0 Å². The van der Waals surface area contributed by atoms with Crippen molar-refractivity contribution in [3.05, 3.63) is 0 Å². The summed E-state index contributed by atoms with van der Waals surface area (Å²) in [5, 5.41) is 0. The average Bonchev–Trinajstić information content (AvgIpc) is 2.41. The maximum absolute atomic E-state index is 9.79. The second-order valence-corrected chi connectivity index (χ2v) is 3.16. The summed E-state index contributed by atoms with van der Waals surface area (Å²) in [6, 6.07) is 0.365. The number of carbonyl (C=O) groups excluding carboxylic acids is 1. The van der Waals surface area contributed by atoms with Crippen LogP contribution in [0.1, 0.15) is 25.7 Å². The molecule has 0 heterocycles. The number of nitrogens with zero attached hydrogens (tertiary/aromatic N) is 1. The van der Waals surface area contributed by atoms with Crippen LogP contribution in [0, 0.1) is 5.41 Å². The lowest BCUT2D eigenvalue weighted by Crippen LogP contribution is -2.15. The van der Waals surface area contributed by atoms with Crippen molar-refractivity contribution in [2.24, 2.45) is 10.4 Å². The molecule has 2 aliphatic carbocycles. The molecule has 2 aliphatic rings. The molecule has 0 N–H and O–H groups in total. The quantitative estimate of drug-likeness (QED) is 0.381. The maximum atomic E-state index is 9.79. The van der Waals surface area contributed by atoms with E-state index in [9.17, 15) is 4.79 Å². The summed E-state index contributed by atoms with van der Waals surface area (Å²) in [5.41, 5.74) is 0.511. The lowest BCUT2D eigenvalue weighted by Gasteiger charge is -2.24. The van der Waals surface area contributed by atoms with E-state index in [1.165, 1.54) is 19.3 Å². The van der Waals surface area contributed by atoms with Crippen LogP contribution in [0.15, 0.2) is 4.99 Å². The molecule has 0 bridgehead atoms. The number of isocyanates is 1. The minimum atomic E-state index is 0.365. The fourth-order valence-corrected chi connectivity index (χ4v) is 1.74. The highest BCUT2D eigenvalue weighted by molar-refractivity contribution is 5.36. The van der Waals surface area contributed by atoms with Crippen LogP contribution in [-0.4, -0.2) is 12.1 Å². The third-order valence-electron chi connectivity index (χ3n) is 2.70. The molecule has 2 nitrogen and oxygen atoms in total. The van der Waals surface area contributed by atoms with Gasteiger partial charge in [0, 0.05) is 0 Å². The number of aliphatic imine (C=N–C) groups is 1. The summed E-state index contributed by atoms with van der Waals surface area (Å²) in [5.74, 6) is 0. The first-order chi connectivity index (χ1) is 4.37. The number of hydrogen-bond donors (Lipinski definition) is 0. The zero-order chi connectivity index (χ0) is 6.32. The highest BCUT2D eigenvalue weighted by Gasteiger charge is 2.58. The van der Waals surface area contributed by atoms with Crippen LogP contribution in [0.4, 0.5) is 0 Å². The number of hydrogen-bond acceptors (Lipinski definition) is 2. The molecule has 1 atom stereocenters. The predicted molar refractivity (Wildman–Crippen MR) is 32.8 cm³/mol. The van der Waals surface area contributed by atoms with Gasteiger partial charge in [-0.3, -0.25) is 0 Å². The Labute approximate surface area is 54.0 Å². The van der Waals surface area contributed by atoms with E-state index in [-0.39, 0.29) is 0 Å². The van der Waals surface area contributed by atoms with Gasteiger partial charge in [-0.2, -0.15) is 0 Å². The molecular formula is C7H9NO. The summed E-state index contributed by atoms with van der Waals surface area (Å²) in [6.45, 7) is 0. The van der Waals surface area contributed by atoms with E-state index in [2.05, 4.69) is 4.99 Å². The van der Waals surface area contributed by atoms with E-state index >= 15 is 0 Å². The van der Waals surface area contributed by atoms with E-state index in [0.717, 1.165) is 6.42 Å². The van der Waals surface area contributed by atoms with Crippen molar-refractivity contribution in [3.63, 3.8) is 0 Å². The molecule has 48 valence electrons. The second-order valence-electron chi connectivity index (χ2n) is 3.16. The highest BCUT2D eigenvalue weighted by Crippen LogP contribution is 2.62. The SMILES string of the molecule is O=C=NC1CC12CCC2. The Morgan fingerprint density at radius 2 is 2.33 bits per heavy atom. The van der Waals surface area contributed by atoms with E-state index in [0.29, 0.717) is 11.5 Å². The van der Waals surface area contributed by atoms with Crippen LogP contribution < -0.4 is 0 Å². The second kappa shape index (κ2) is 1.45. The van der Waals surface area contributed by atoms with Crippen LogP contribution in [0.2, 0.25) is 0 Å². The third-order valence-corrected chi connectivity index (χ3v) is 2.70. The first kappa shape index (κ1) is 5.19. The topological polar surface area (TPSA) is 29.4 Å². The Hall–Kier alpha value is -0.620. The predicted octanol–water partition coefficient (Wildman–Crippen LogP) is 1.26. The molecule has 0 aliphatic heterocycles. The van der Waals surface area contributed by atoms with Gasteiger partial charge in [0.1, 0.15) is 0 Å². The van der Waals surface area contributed by atoms with Crippen LogP contribution in [0.5, 0.6) is 0 Å². The molecule has 2 fully saturated rings. The largest absolute Gasteiger partial charge is 0.235 e. The fourth-order valence-electron chi connectivity index (χ4n) is 1.74. The lowest BCUT2D eigenvalue weighted by molar-refractivity contribution is 0.278. The van der Waals surface area contributed by atoms with Gasteiger partial charge >= 0.3 is 0 Å². The molecule has 2 saturated carbocycles. The summed E-state index contributed by atoms with van der Waals surface area (Å²) >= 11 is 0. The molecule has 0 radical (unpaired) electrons. The minimum absolute atomic E-state index is 0.365. The van der Waals surface area contributed by atoms with Gasteiger partial charge in [-0.15, -0.1) is 0 Å². The van der Waals surface area contributed by atoms with Gasteiger partial charge in [-0.25, -0.2) is 9.79 Å². The van der Waals surface area contributed by atoms with Crippen molar-refractivity contribution >= 4 is 6.08 Å². The van der Waals surface area contributed by atoms with E-state index in [4.69, 9.17) is 0 Å². The molecule has 1 unspecified atom stereocenters. The summed E-state index contributed by atoms with van der Waals surface area (Å²) < 4.78 is 0. The Morgan fingerprint density at radius 3 is 2.67 bits per heavy atom. The molecule has 1 spiro atoms. The Kier molecular flexibility index (Phi) is 0.837. The van der Waals surface area contributed by atoms with Crippen molar-refractivity contribution in [1.82, 2.24) is 0 Å². The lowest BCUT2D eigenvalue weighted by atomic mass is 9.81. The minimum Gasteiger partial charge on any atom is -0.211 e. The van der Waals surface area contributed by atoms with Crippen molar-refractivity contribution < 1.29 is 4.79 Å². The van der Waals surface area contributed by atoms with Gasteiger partial charge in [0.2, 0.25) is 6.08 Å². The Balaban J connectivity index is 2.01. The smallest absolute Gasteiger partial charge is 0.211 e. The van der Waals surface area contributed by atoms with E-state index in [1.54, 1.807) is 6.08 Å². The Bertz CT molecular complexity index is 177. The van der Waals surface area contributed by atoms with Gasteiger partial charge in [0.05, 0.1) is 6.04 Å². The van der Waals surface area contributed by atoms with Gasteiger partial charge in [0.25, 0.3) is 0 Å². The molecule has 2 rings (SSSR count). The molecule has 0 aromatic heterocycles. The van der Waals surface area contributed by atoms with Gasteiger partial charge in [0.15, 0.2) is 0 Å². The molecule has 0 saturated heterocycles. The first-order valence-electron chi connectivity index (χ1n) is 3.44. The zero-order valence-corrected chi connectivity index (χ0v) is 5.26. The van der Waals surface area contributed by atoms with Crippen LogP contribution >= 0.6 is 0 Å². The molecule has 0 amide bonds. The van der Waals surface area contributed by atoms with Gasteiger partial charge < -0.3 is 0 Å². The van der Waals surface area contributed by atoms with Crippen molar-refractivity contribution in [2.45, 2.75) is 31.7 Å². The molecule has 9 heavy (non-hydrogen) atoms. The molecule has 2 heteroatoms. The van der Waals surface area contributed by atoms with E-state index < -0.39 is 0 Å². The van der Waals surface area contributed by atoms with Gasteiger partial charge in [-0.05, 0) is 24.7 Å². The Morgan fingerprint density at radius 1 is 1.56 bits per heavy atom. The normalized spacial score (nSPS) is 34.9. The van der Waals surface area contributed by atoms with Gasteiger partial charge in [-0.1, -0.05) is 6.42 Å². The van der Waals surface area contributed by atoms with E-state index in [1.807, 2.05) is 0 Å². The summed E-state index contributed by atoms with van der Waals surface area (Å²) in [7, 11) is 0. The monoisotopic (exact) mass is 123 g/mol. The standard InChI is InChI=1S/C7H9NO/c9-5-8-6-4-7(6)2-1-3-7/h6H,1-4H2. The molecular weight excluding hydrogens is 114 g/mol. The maximum Gasteiger partial charge on any atom is 0.235 e. The molecule has 0 aromatic rings. The van der Waals surface area contributed by atoms with Crippen LogP contribution in [-0.2, 0) is 4.79 Å². The van der Waals surface area contributed by atoms with Crippen molar-refractivity contribution in [1.29, 1.82) is 0 Å². The summed E-state index contributed by atoms with van der Waals surface area (Å²) in [4.78, 5) is 13.5. The first-order valence-corrected chi connectivity index (χ1v) is 3.44. The average molecular weight is 123 g/mol.